The summed E-state index contributed by atoms with van der Waals surface area (Å²) in [5, 5.41) is 1.07. The minimum absolute atomic E-state index is 0.458. The van der Waals surface area contributed by atoms with Crippen LogP contribution in [-0.4, -0.2) is 15.0 Å². The molecule has 2 aromatic heterocycles. The van der Waals surface area contributed by atoms with Gasteiger partial charge >= 0.3 is 0 Å². The third kappa shape index (κ3) is 2.48. The summed E-state index contributed by atoms with van der Waals surface area (Å²) in [5.41, 5.74) is 11.3. The second-order valence-electron chi connectivity index (χ2n) is 5.67. The van der Waals surface area contributed by atoms with Gasteiger partial charge < -0.3 is 5.73 Å². The number of nitrogens with zero attached hydrogens (tertiary/aromatic N) is 3. The Hall–Kier alpha value is -3.27. The maximum Gasteiger partial charge on any atom is 0.145 e. The van der Waals surface area contributed by atoms with Crippen molar-refractivity contribution in [2.24, 2.45) is 0 Å². The van der Waals surface area contributed by atoms with E-state index in [9.17, 15) is 0 Å². The molecule has 0 atom stereocenters. The first kappa shape index (κ1) is 14.3. The van der Waals surface area contributed by atoms with Crippen molar-refractivity contribution < 1.29 is 0 Å². The molecule has 2 aromatic carbocycles. The number of fused-ring (bicyclic) bond motifs is 1. The summed E-state index contributed by atoms with van der Waals surface area (Å²) in [6.07, 6.45) is 1.80. The number of aromatic nitrogens is 3. The molecule has 2 N–H and O–H groups in total. The van der Waals surface area contributed by atoms with Gasteiger partial charge in [0, 0.05) is 22.7 Å². The smallest absolute Gasteiger partial charge is 0.145 e. The fraction of sp³-hybridized carbons (Fsp3) is 0.0500. The van der Waals surface area contributed by atoms with Gasteiger partial charge in [-0.25, -0.2) is 9.97 Å². The van der Waals surface area contributed by atoms with E-state index in [1.807, 2.05) is 61.5 Å². The third-order valence-corrected chi connectivity index (χ3v) is 4.03. The number of nitrogens with two attached hydrogens (primary N) is 1. The fourth-order valence-electron chi connectivity index (χ4n) is 2.75. The zero-order valence-electron chi connectivity index (χ0n) is 13.3. The maximum atomic E-state index is 6.01. The van der Waals surface area contributed by atoms with Crippen molar-refractivity contribution in [3.8, 4) is 22.5 Å². The highest BCUT2D eigenvalue weighted by atomic mass is 14.9. The lowest BCUT2D eigenvalue weighted by atomic mass is 10.0. The maximum absolute atomic E-state index is 6.01. The zero-order valence-corrected chi connectivity index (χ0v) is 13.3. The summed E-state index contributed by atoms with van der Waals surface area (Å²) >= 11 is 0. The van der Waals surface area contributed by atoms with Crippen LogP contribution in [0.2, 0.25) is 0 Å². The van der Waals surface area contributed by atoms with E-state index in [4.69, 9.17) is 10.7 Å². The molecule has 0 saturated heterocycles. The number of rotatable bonds is 2. The second kappa shape index (κ2) is 5.74. The van der Waals surface area contributed by atoms with E-state index in [-0.39, 0.29) is 0 Å². The molecule has 0 saturated carbocycles. The van der Waals surface area contributed by atoms with Crippen LogP contribution in [-0.2, 0) is 0 Å². The average Bonchev–Trinajstić information content (AvgIpc) is 2.64. The van der Waals surface area contributed by atoms with Crippen molar-refractivity contribution in [2.75, 3.05) is 5.73 Å². The Kier molecular flexibility index (Phi) is 3.43. The first-order valence-corrected chi connectivity index (χ1v) is 7.77. The summed E-state index contributed by atoms with van der Waals surface area (Å²) in [4.78, 5) is 13.7. The number of nitrogen functional groups attached to an aromatic ring is 1. The van der Waals surface area contributed by atoms with E-state index in [0.717, 1.165) is 39.1 Å². The largest absolute Gasteiger partial charge is 0.382 e. The van der Waals surface area contributed by atoms with Crippen molar-refractivity contribution in [2.45, 2.75) is 6.92 Å². The van der Waals surface area contributed by atoms with Gasteiger partial charge in [0.15, 0.2) is 0 Å². The molecule has 0 bridgehead atoms. The van der Waals surface area contributed by atoms with Gasteiger partial charge in [0.05, 0.1) is 22.6 Å². The van der Waals surface area contributed by atoms with Crippen LogP contribution >= 0.6 is 0 Å². The normalized spacial score (nSPS) is 10.9. The molecular weight excluding hydrogens is 296 g/mol. The predicted octanol–water partition coefficient (Wildman–Crippen LogP) is 4.25. The molecule has 4 aromatic rings. The molecule has 0 spiro atoms. The molecule has 0 aliphatic carbocycles. The Morgan fingerprint density at radius 2 is 1.58 bits per heavy atom. The highest BCUT2D eigenvalue weighted by Crippen LogP contribution is 2.31. The molecule has 24 heavy (non-hydrogen) atoms. The lowest BCUT2D eigenvalue weighted by Crippen LogP contribution is -2.02. The Morgan fingerprint density at radius 3 is 2.42 bits per heavy atom. The third-order valence-electron chi connectivity index (χ3n) is 4.03. The molecule has 0 unspecified atom stereocenters. The molecule has 4 heteroatoms. The highest BCUT2D eigenvalue weighted by Gasteiger charge is 2.14. The van der Waals surface area contributed by atoms with Crippen molar-refractivity contribution in [1.29, 1.82) is 0 Å². The van der Waals surface area contributed by atoms with Crippen molar-refractivity contribution in [3.63, 3.8) is 0 Å². The monoisotopic (exact) mass is 312 g/mol. The first-order chi connectivity index (χ1) is 11.7. The van der Waals surface area contributed by atoms with E-state index < -0.39 is 0 Å². The molecule has 0 fully saturated rings. The van der Waals surface area contributed by atoms with Gasteiger partial charge in [-0.2, -0.15) is 0 Å². The van der Waals surface area contributed by atoms with Gasteiger partial charge in [0.2, 0.25) is 0 Å². The second-order valence-corrected chi connectivity index (χ2v) is 5.67. The van der Waals surface area contributed by atoms with Crippen LogP contribution in [0, 0.1) is 6.92 Å². The van der Waals surface area contributed by atoms with Crippen molar-refractivity contribution >= 4 is 16.7 Å². The number of pyridine rings is 1. The van der Waals surface area contributed by atoms with Crippen LogP contribution in [0.25, 0.3) is 33.4 Å². The van der Waals surface area contributed by atoms with Crippen molar-refractivity contribution in [3.05, 3.63) is 72.6 Å². The zero-order chi connectivity index (χ0) is 16.5. The number of hydrogen-bond acceptors (Lipinski definition) is 4. The van der Waals surface area contributed by atoms with Crippen LogP contribution < -0.4 is 5.73 Å². The highest BCUT2D eigenvalue weighted by molar-refractivity contribution is 5.87. The summed E-state index contributed by atoms with van der Waals surface area (Å²) in [7, 11) is 0. The van der Waals surface area contributed by atoms with Crippen LogP contribution in [0.3, 0.4) is 0 Å². The molecule has 4 nitrogen and oxygen atoms in total. The Morgan fingerprint density at radius 1 is 0.792 bits per heavy atom. The van der Waals surface area contributed by atoms with Gasteiger partial charge in [-0.05, 0) is 25.1 Å². The number of aryl methyl sites for hydroxylation is 1. The van der Waals surface area contributed by atoms with Crippen LogP contribution in [0.1, 0.15) is 5.69 Å². The lowest BCUT2D eigenvalue weighted by molar-refractivity contribution is 1.14. The standard InChI is InChI=1S/C20H16N4/c1-13-20(21)24-18(14-6-3-2-4-7-14)19(23-13)16-9-10-17-15(12-16)8-5-11-22-17/h2-12H,1H3,(H2,21,24). The van der Waals surface area contributed by atoms with E-state index >= 15 is 0 Å². The van der Waals surface area contributed by atoms with Crippen LogP contribution in [0.4, 0.5) is 5.82 Å². The number of anilines is 1. The van der Waals surface area contributed by atoms with E-state index in [0.29, 0.717) is 5.82 Å². The van der Waals surface area contributed by atoms with E-state index in [1.165, 1.54) is 0 Å². The van der Waals surface area contributed by atoms with E-state index in [1.54, 1.807) is 6.20 Å². The molecular formula is C20H16N4. The summed E-state index contributed by atoms with van der Waals surface area (Å²) in [6.45, 7) is 1.88. The summed E-state index contributed by atoms with van der Waals surface area (Å²) < 4.78 is 0. The topological polar surface area (TPSA) is 64.7 Å². The quantitative estimate of drug-likeness (QED) is 0.601. The van der Waals surface area contributed by atoms with Gasteiger partial charge in [0.1, 0.15) is 5.82 Å². The van der Waals surface area contributed by atoms with Gasteiger partial charge in [-0.1, -0.05) is 42.5 Å². The molecule has 0 aliphatic rings. The minimum Gasteiger partial charge on any atom is -0.382 e. The first-order valence-electron chi connectivity index (χ1n) is 7.77. The molecule has 0 aliphatic heterocycles. The Labute approximate surface area is 140 Å². The fourth-order valence-corrected chi connectivity index (χ4v) is 2.75. The summed E-state index contributed by atoms with van der Waals surface area (Å²) in [6, 6.07) is 20.1. The minimum atomic E-state index is 0.458. The number of hydrogen-bond donors (Lipinski definition) is 1. The molecule has 0 amide bonds. The number of benzene rings is 2. The van der Waals surface area contributed by atoms with E-state index in [2.05, 4.69) is 16.0 Å². The van der Waals surface area contributed by atoms with Gasteiger partial charge in [0.25, 0.3) is 0 Å². The Balaban J connectivity index is 1.97. The predicted molar refractivity (Wildman–Crippen MR) is 97.4 cm³/mol. The average molecular weight is 312 g/mol. The lowest BCUT2D eigenvalue weighted by Gasteiger charge is -2.12. The van der Waals surface area contributed by atoms with Crippen LogP contribution in [0.5, 0.6) is 0 Å². The molecule has 4 rings (SSSR count). The Bertz CT molecular complexity index is 1030. The van der Waals surface area contributed by atoms with Gasteiger partial charge in [-0.3, -0.25) is 4.98 Å². The molecule has 0 radical (unpaired) electrons. The van der Waals surface area contributed by atoms with Crippen LogP contribution in [0.15, 0.2) is 66.9 Å². The summed E-state index contributed by atoms with van der Waals surface area (Å²) in [5.74, 6) is 0.458. The van der Waals surface area contributed by atoms with Crippen molar-refractivity contribution in [1.82, 2.24) is 15.0 Å². The SMILES string of the molecule is Cc1nc(-c2ccc3ncccc3c2)c(-c2ccccc2)nc1N. The molecule has 2 heterocycles. The molecule has 116 valence electrons. The van der Waals surface area contributed by atoms with Gasteiger partial charge in [-0.15, -0.1) is 0 Å².